The van der Waals surface area contributed by atoms with E-state index >= 15 is 0 Å². The fraction of sp³-hybridized carbons (Fsp3) is 0.357. The molecular formula is C14H16ClFN2S. The Hall–Kier alpha value is -0.970. The predicted octanol–water partition coefficient (Wildman–Crippen LogP) is 4.66. The third-order valence-electron chi connectivity index (χ3n) is 2.82. The van der Waals surface area contributed by atoms with E-state index in [1.165, 1.54) is 10.9 Å². The maximum absolute atomic E-state index is 13.1. The molecule has 5 heteroatoms. The molecule has 1 N–H and O–H groups in total. The molecule has 2 rings (SSSR count). The Kier molecular flexibility index (Phi) is 4.91. The van der Waals surface area contributed by atoms with E-state index in [4.69, 9.17) is 11.6 Å². The first-order valence-electron chi connectivity index (χ1n) is 6.26. The van der Waals surface area contributed by atoms with Gasteiger partial charge in [-0.15, -0.1) is 11.3 Å². The van der Waals surface area contributed by atoms with Crippen LogP contribution < -0.4 is 5.32 Å². The van der Waals surface area contributed by atoms with Crippen LogP contribution in [0.1, 0.15) is 31.2 Å². The molecular weight excluding hydrogens is 283 g/mol. The van der Waals surface area contributed by atoms with Crippen LogP contribution >= 0.6 is 22.9 Å². The summed E-state index contributed by atoms with van der Waals surface area (Å²) in [5.74, 6) is -0.403. The average Bonchev–Trinajstić information content (AvgIpc) is 2.89. The summed E-state index contributed by atoms with van der Waals surface area (Å²) >= 11 is 7.40. The summed E-state index contributed by atoms with van der Waals surface area (Å²) < 4.78 is 13.1. The molecule has 1 unspecified atom stereocenters. The van der Waals surface area contributed by atoms with E-state index in [1.54, 1.807) is 23.5 Å². The zero-order chi connectivity index (χ0) is 13.8. The molecule has 0 amide bonds. The van der Waals surface area contributed by atoms with Crippen LogP contribution in [-0.4, -0.2) is 11.5 Å². The van der Waals surface area contributed by atoms with Gasteiger partial charge in [0.25, 0.3) is 0 Å². The van der Waals surface area contributed by atoms with Crippen molar-refractivity contribution in [1.29, 1.82) is 0 Å². The molecule has 0 saturated heterocycles. The molecule has 1 heterocycles. The fourth-order valence-corrected chi connectivity index (χ4v) is 2.83. The Balaban J connectivity index is 2.18. The Bertz CT molecular complexity index is 556. The lowest BCUT2D eigenvalue weighted by Crippen LogP contribution is -2.18. The number of halogens is 2. The van der Waals surface area contributed by atoms with Crippen molar-refractivity contribution >= 4 is 22.9 Å². The second-order valence-corrected chi connectivity index (χ2v) is 5.84. The minimum atomic E-state index is -0.403. The second-order valence-electron chi connectivity index (χ2n) is 4.37. The maximum Gasteiger partial charge on any atom is 0.141 e. The molecule has 2 nitrogen and oxygen atoms in total. The number of hydrogen-bond donors (Lipinski definition) is 1. The largest absolute Gasteiger partial charge is 0.309 e. The van der Waals surface area contributed by atoms with Crippen LogP contribution in [-0.2, 0) is 0 Å². The van der Waals surface area contributed by atoms with Crippen LogP contribution in [0.3, 0.4) is 0 Å². The number of thiazole rings is 1. The number of hydrogen-bond acceptors (Lipinski definition) is 3. The van der Waals surface area contributed by atoms with Crippen molar-refractivity contribution in [2.75, 3.05) is 6.54 Å². The molecule has 1 aromatic heterocycles. The highest BCUT2D eigenvalue weighted by Crippen LogP contribution is 2.30. The molecule has 0 bridgehead atoms. The molecule has 1 aromatic carbocycles. The van der Waals surface area contributed by atoms with E-state index in [2.05, 4.69) is 24.1 Å². The average molecular weight is 299 g/mol. The van der Waals surface area contributed by atoms with Gasteiger partial charge in [-0.3, -0.25) is 0 Å². The summed E-state index contributed by atoms with van der Waals surface area (Å²) in [7, 11) is 0. The Labute approximate surface area is 121 Å². The Morgan fingerprint density at radius 2 is 2.26 bits per heavy atom. The summed E-state index contributed by atoms with van der Waals surface area (Å²) in [6.45, 7) is 5.24. The van der Waals surface area contributed by atoms with E-state index in [0.29, 0.717) is 0 Å². The minimum absolute atomic E-state index is 0.131. The van der Waals surface area contributed by atoms with Crippen molar-refractivity contribution < 1.29 is 4.39 Å². The van der Waals surface area contributed by atoms with E-state index in [0.717, 1.165) is 23.5 Å². The number of benzene rings is 1. The normalized spacial score (nSPS) is 12.6. The first kappa shape index (κ1) is 14.4. The van der Waals surface area contributed by atoms with Crippen molar-refractivity contribution in [2.24, 2.45) is 0 Å². The third kappa shape index (κ3) is 3.53. The van der Waals surface area contributed by atoms with Gasteiger partial charge in [0.2, 0.25) is 0 Å². The zero-order valence-electron chi connectivity index (χ0n) is 10.9. The lowest BCUT2D eigenvalue weighted by atomic mass is 10.2. The number of nitrogens with one attached hydrogen (secondary N) is 1. The lowest BCUT2D eigenvalue weighted by molar-refractivity contribution is 0.577. The van der Waals surface area contributed by atoms with Gasteiger partial charge in [0, 0.05) is 22.7 Å². The van der Waals surface area contributed by atoms with Gasteiger partial charge >= 0.3 is 0 Å². The minimum Gasteiger partial charge on any atom is -0.309 e. The molecule has 0 aliphatic heterocycles. The van der Waals surface area contributed by atoms with Crippen molar-refractivity contribution in [2.45, 2.75) is 26.3 Å². The number of rotatable bonds is 5. The summed E-state index contributed by atoms with van der Waals surface area (Å²) in [6, 6.07) is 4.97. The molecule has 0 fully saturated rings. The van der Waals surface area contributed by atoms with E-state index in [9.17, 15) is 4.39 Å². The van der Waals surface area contributed by atoms with E-state index in [1.807, 2.05) is 6.20 Å². The standard InChI is InChI=1S/C14H16ClFN2S/c1-3-6-17-9(2)13-8-18-14(19-13)10-4-5-12(16)11(15)7-10/h4-5,7-9,17H,3,6H2,1-2H3. The van der Waals surface area contributed by atoms with Crippen molar-refractivity contribution in [3.63, 3.8) is 0 Å². The van der Waals surface area contributed by atoms with Gasteiger partial charge in [0.05, 0.1) is 5.02 Å². The summed E-state index contributed by atoms with van der Waals surface area (Å²) in [4.78, 5) is 5.55. The molecule has 0 saturated carbocycles. The van der Waals surface area contributed by atoms with Gasteiger partial charge in [-0.05, 0) is 38.1 Å². The van der Waals surface area contributed by atoms with Crippen LogP contribution in [0, 0.1) is 5.82 Å². The second kappa shape index (κ2) is 6.46. The zero-order valence-corrected chi connectivity index (χ0v) is 12.5. The Morgan fingerprint density at radius 1 is 1.47 bits per heavy atom. The molecule has 2 aromatic rings. The van der Waals surface area contributed by atoms with Crippen molar-refractivity contribution in [3.05, 3.63) is 40.1 Å². The smallest absolute Gasteiger partial charge is 0.141 e. The topological polar surface area (TPSA) is 24.9 Å². The van der Waals surface area contributed by atoms with Gasteiger partial charge in [-0.1, -0.05) is 18.5 Å². The van der Waals surface area contributed by atoms with Gasteiger partial charge in [-0.2, -0.15) is 0 Å². The quantitative estimate of drug-likeness (QED) is 0.868. The highest BCUT2D eigenvalue weighted by atomic mass is 35.5. The number of nitrogens with zero attached hydrogens (tertiary/aromatic N) is 1. The van der Waals surface area contributed by atoms with Gasteiger partial charge < -0.3 is 5.32 Å². The molecule has 0 radical (unpaired) electrons. The first-order chi connectivity index (χ1) is 9.11. The Morgan fingerprint density at radius 3 is 2.95 bits per heavy atom. The van der Waals surface area contributed by atoms with E-state index in [-0.39, 0.29) is 11.1 Å². The molecule has 0 spiro atoms. The van der Waals surface area contributed by atoms with Crippen molar-refractivity contribution in [1.82, 2.24) is 10.3 Å². The van der Waals surface area contributed by atoms with Gasteiger partial charge in [-0.25, -0.2) is 9.37 Å². The summed E-state index contributed by atoms with van der Waals surface area (Å²) in [5, 5.41) is 4.41. The third-order valence-corrected chi connectivity index (χ3v) is 4.34. The first-order valence-corrected chi connectivity index (χ1v) is 7.45. The number of aromatic nitrogens is 1. The van der Waals surface area contributed by atoms with Crippen LogP contribution in [0.2, 0.25) is 5.02 Å². The van der Waals surface area contributed by atoms with Crippen LogP contribution in [0.25, 0.3) is 10.6 Å². The molecule has 19 heavy (non-hydrogen) atoms. The van der Waals surface area contributed by atoms with Crippen LogP contribution in [0.4, 0.5) is 4.39 Å². The lowest BCUT2D eigenvalue weighted by Gasteiger charge is -2.09. The predicted molar refractivity (Wildman–Crippen MR) is 79.2 cm³/mol. The SMILES string of the molecule is CCCNC(C)c1cnc(-c2ccc(F)c(Cl)c2)s1. The van der Waals surface area contributed by atoms with Crippen LogP contribution in [0.5, 0.6) is 0 Å². The monoisotopic (exact) mass is 298 g/mol. The van der Waals surface area contributed by atoms with E-state index < -0.39 is 5.82 Å². The molecule has 102 valence electrons. The van der Waals surface area contributed by atoms with Gasteiger partial charge in [0.15, 0.2) is 0 Å². The maximum atomic E-state index is 13.1. The highest BCUT2D eigenvalue weighted by molar-refractivity contribution is 7.15. The molecule has 0 aliphatic rings. The van der Waals surface area contributed by atoms with Crippen molar-refractivity contribution in [3.8, 4) is 10.6 Å². The summed E-state index contributed by atoms with van der Waals surface area (Å²) in [6.07, 6.45) is 2.97. The fourth-order valence-electron chi connectivity index (χ4n) is 1.71. The highest BCUT2D eigenvalue weighted by Gasteiger charge is 2.11. The molecule has 1 atom stereocenters. The summed E-state index contributed by atoms with van der Waals surface area (Å²) in [5.41, 5.74) is 0.852. The van der Waals surface area contributed by atoms with Gasteiger partial charge in [0.1, 0.15) is 10.8 Å². The molecule has 0 aliphatic carbocycles. The van der Waals surface area contributed by atoms with Crippen LogP contribution in [0.15, 0.2) is 24.4 Å².